The van der Waals surface area contributed by atoms with E-state index in [9.17, 15) is 9.59 Å². The van der Waals surface area contributed by atoms with Gasteiger partial charge in [-0.05, 0) is 48.9 Å². The van der Waals surface area contributed by atoms with Crippen LogP contribution in [-0.2, 0) is 9.53 Å². The number of carbonyl (C=O) groups is 1. The van der Waals surface area contributed by atoms with Crippen LogP contribution in [0.4, 0.5) is 0 Å². The van der Waals surface area contributed by atoms with Gasteiger partial charge in [-0.15, -0.1) is 0 Å². The zero-order valence-corrected chi connectivity index (χ0v) is 21.2. The molecule has 0 amide bonds. The predicted molar refractivity (Wildman–Crippen MR) is 138 cm³/mol. The first-order valence-corrected chi connectivity index (χ1v) is 12.2. The largest absolute Gasteiger partial charge is 0.497 e. The topological polar surface area (TPSA) is 83.0 Å². The van der Waals surface area contributed by atoms with Gasteiger partial charge in [-0.25, -0.2) is 9.79 Å². The number of hydrogen-bond donors (Lipinski definition) is 0. The van der Waals surface area contributed by atoms with Crippen molar-refractivity contribution in [3.8, 4) is 17.1 Å². The van der Waals surface area contributed by atoms with Crippen molar-refractivity contribution in [1.82, 2.24) is 4.57 Å². The van der Waals surface area contributed by atoms with Crippen LogP contribution in [0.3, 0.4) is 0 Å². The van der Waals surface area contributed by atoms with Gasteiger partial charge in [-0.2, -0.15) is 0 Å². The van der Waals surface area contributed by atoms with Gasteiger partial charge in [0.2, 0.25) is 0 Å². The molecule has 4 aromatic rings. The minimum Gasteiger partial charge on any atom is -0.497 e. The van der Waals surface area contributed by atoms with E-state index in [1.807, 2.05) is 36.4 Å². The predicted octanol–water partition coefficient (Wildman–Crippen LogP) is 4.33. The first-order valence-electron chi connectivity index (χ1n) is 11.0. The molecule has 1 unspecified atom stereocenters. The van der Waals surface area contributed by atoms with Gasteiger partial charge >= 0.3 is 5.97 Å². The molecule has 0 saturated heterocycles. The van der Waals surface area contributed by atoms with Crippen LogP contribution >= 0.6 is 22.9 Å². The van der Waals surface area contributed by atoms with Crippen LogP contribution in [0.15, 0.2) is 86.1 Å². The molecule has 36 heavy (non-hydrogen) atoms. The van der Waals surface area contributed by atoms with Crippen molar-refractivity contribution in [1.29, 1.82) is 0 Å². The van der Waals surface area contributed by atoms with Gasteiger partial charge in [0.1, 0.15) is 17.3 Å². The minimum absolute atomic E-state index is 0.288. The Kier molecular flexibility index (Phi) is 6.38. The van der Waals surface area contributed by atoms with Crippen LogP contribution in [0.5, 0.6) is 5.75 Å². The highest BCUT2D eigenvalue weighted by Crippen LogP contribution is 2.32. The molecule has 0 fully saturated rings. The van der Waals surface area contributed by atoms with E-state index in [-0.39, 0.29) is 5.56 Å². The number of allylic oxidation sites excluding steroid dienone is 1. The van der Waals surface area contributed by atoms with Crippen molar-refractivity contribution in [3.05, 3.63) is 108 Å². The second-order valence-corrected chi connectivity index (χ2v) is 9.44. The summed E-state index contributed by atoms with van der Waals surface area (Å²) in [5.41, 5.74) is 2.01. The van der Waals surface area contributed by atoms with E-state index in [0.717, 1.165) is 11.1 Å². The van der Waals surface area contributed by atoms with E-state index in [0.29, 0.717) is 42.9 Å². The Bertz CT molecular complexity index is 1680. The van der Waals surface area contributed by atoms with Gasteiger partial charge in [0.15, 0.2) is 4.80 Å². The van der Waals surface area contributed by atoms with E-state index in [1.54, 1.807) is 44.4 Å². The number of furan rings is 1. The highest BCUT2D eigenvalue weighted by Gasteiger charge is 2.33. The molecule has 0 saturated carbocycles. The molecular formula is C27H21ClN2O5S. The van der Waals surface area contributed by atoms with Crippen molar-refractivity contribution < 1.29 is 18.7 Å². The van der Waals surface area contributed by atoms with E-state index >= 15 is 0 Å². The lowest BCUT2D eigenvalue weighted by molar-refractivity contribution is -0.136. The van der Waals surface area contributed by atoms with Crippen LogP contribution in [-0.4, -0.2) is 24.8 Å². The fourth-order valence-electron chi connectivity index (χ4n) is 4.16. The summed E-state index contributed by atoms with van der Waals surface area (Å²) in [4.78, 5) is 31.4. The molecule has 1 aliphatic rings. The molecule has 182 valence electrons. The number of benzene rings is 2. The lowest BCUT2D eigenvalue weighted by atomic mass is 9.96. The number of methoxy groups -OCH3 is 2. The molecule has 9 heteroatoms. The van der Waals surface area contributed by atoms with Crippen LogP contribution in [0, 0.1) is 0 Å². The number of rotatable bonds is 5. The van der Waals surface area contributed by atoms with E-state index in [2.05, 4.69) is 4.99 Å². The maximum atomic E-state index is 13.6. The van der Waals surface area contributed by atoms with Crippen molar-refractivity contribution in [2.75, 3.05) is 14.2 Å². The fourth-order valence-corrected chi connectivity index (χ4v) is 5.42. The first kappa shape index (κ1) is 23.8. The SMILES string of the molecule is COC(=O)C1=C(C)N=c2sc(=Cc3ccc(-c4ccccc4Cl)o3)c(=O)n2C1c1ccc(OC)cc1. The van der Waals surface area contributed by atoms with Crippen molar-refractivity contribution >= 4 is 35.0 Å². The normalized spacial score (nSPS) is 15.4. The second-order valence-electron chi connectivity index (χ2n) is 8.03. The monoisotopic (exact) mass is 520 g/mol. The van der Waals surface area contributed by atoms with Gasteiger partial charge < -0.3 is 13.9 Å². The zero-order chi connectivity index (χ0) is 25.4. The molecule has 2 aromatic heterocycles. The first-order chi connectivity index (χ1) is 17.4. The lowest BCUT2D eigenvalue weighted by Gasteiger charge is -2.24. The molecular weight excluding hydrogens is 500 g/mol. The number of ether oxygens (including phenoxy) is 2. The number of nitrogens with zero attached hydrogens (tertiary/aromatic N) is 2. The molecule has 2 aromatic carbocycles. The molecule has 0 N–H and O–H groups in total. The summed E-state index contributed by atoms with van der Waals surface area (Å²) in [6, 6.07) is 17.5. The van der Waals surface area contributed by atoms with Crippen LogP contribution in [0.1, 0.15) is 24.3 Å². The van der Waals surface area contributed by atoms with Crippen LogP contribution in [0.2, 0.25) is 5.02 Å². The van der Waals surface area contributed by atoms with E-state index in [4.69, 9.17) is 25.5 Å². The quantitative estimate of drug-likeness (QED) is 0.366. The van der Waals surface area contributed by atoms with Gasteiger partial charge in [-0.3, -0.25) is 9.36 Å². The smallest absolute Gasteiger partial charge is 0.338 e. The maximum Gasteiger partial charge on any atom is 0.338 e. The number of fused-ring (bicyclic) bond motifs is 1. The third-order valence-corrected chi connectivity index (χ3v) is 7.21. The summed E-state index contributed by atoms with van der Waals surface area (Å²) in [6.45, 7) is 1.74. The summed E-state index contributed by atoms with van der Waals surface area (Å²) in [7, 11) is 2.89. The van der Waals surface area contributed by atoms with Crippen molar-refractivity contribution in [2.45, 2.75) is 13.0 Å². The number of carbonyl (C=O) groups excluding carboxylic acids is 1. The van der Waals surface area contributed by atoms with Crippen LogP contribution < -0.4 is 19.6 Å². The molecule has 3 heterocycles. The highest BCUT2D eigenvalue weighted by molar-refractivity contribution is 7.07. The lowest BCUT2D eigenvalue weighted by Crippen LogP contribution is -2.39. The Hall–Kier alpha value is -3.88. The van der Waals surface area contributed by atoms with Crippen molar-refractivity contribution in [3.63, 3.8) is 0 Å². The van der Waals surface area contributed by atoms with Crippen molar-refractivity contribution in [2.24, 2.45) is 4.99 Å². The number of thiazole rings is 1. The van der Waals surface area contributed by atoms with Gasteiger partial charge in [0.25, 0.3) is 5.56 Å². The zero-order valence-electron chi connectivity index (χ0n) is 19.7. The highest BCUT2D eigenvalue weighted by atomic mass is 35.5. The Labute approximate surface area is 215 Å². The maximum absolute atomic E-state index is 13.6. The number of halogens is 1. The molecule has 7 nitrogen and oxygen atoms in total. The van der Waals surface area contributed by atoms with E-state index in [1.165, 1.54) is 23.0 Å². The average Bonchev–Trinajstić information content (AvgIpc) is 3.47. The molecule has 0 radical (unpaired) electrons. The minimum atomic E-state index is -0.697. The molecule has 0 bridgehead atoms. The summed E-state index contributed by atoms with van der Waals surface area (Å²) in [6.07, 6.45) is 1.67. The van der Waals surface area contributed by atoms with Gasteiger partial charge in [0, 0.05) is 11.6 Å². The van der Waals surface area contributed by atoms with Crippen LogP contribution in [0.25, 0.3) is 17.4 Å². The molecule has 0 aliphatic carbocycles. The number of esters is 1. The van der Waals surface area contributed by atoms with Gasteiger partial charge in [0.05, 0.1) is 41.1 Å². The number of aromatic nitrogens is 1. The molecule has 1 aliphatic heterocycles. The van der Waals surface area contributed by atoms with E-state index < -0.39 is 12.0 Å². The van der Waals surface area contributed by atoms with Gasteiger partial charge in [-0.1, -0.05) is 47.2 Å². The second kappa shape index (κ2) is 9.64. The Balaban J connectivity index is 1.65. The molecule has 1 atom stereocenters. The molecule has 0 spiro atoms. The number of hydrogen-bond acceptors (Lipinski definition) is 7. The third-order valence-electron chi connectivity index (χ3n) is 5.90. The Morgan fingerprint density at radius 3 is 2.56 bits per heavy atom. The Morgan fingerprint density at radius 1 is 1.11 bits per heavy atom. The molecule has 5 rings (SSSR count). The summed E-state index contributed by atoms with van der Waals surface area (Å²) < 4.78 is 18.2. The fraction of sp³-hybridized carbons (Fsp3) is 0.148. The summed E-state index contributed by atoms with van der Waals surface area (Å²) in [5, 5.41) is 0.572. The summed E-state index contributed by atoms with van der Waals surface area (Å²) >= 11 is 7.52. The summed E-state index contributed by atoms with van der Waals surface area (Å²) in [5.74, 6) is 1.22. The Morgan fingerprint density at radius 2 is 1.86 bits per heavy atom. The standard InChI is InChI=1S/C27H21ClN2O5S/c1-15-23(26(32)34-3)24(16-8-10-17(33-2)11-9-16)30-25(31)22(36-27(30)29-15)14-18-12-13-21(35-18)19-6-4-5-7-20(19)28/h4-14,24H,1-3H3. The average molecular weight is 521 g/mol. The third kappa shape index (κ3) is 4.19.